The number of para-hydroxylation sites is 1. The lowest BCUT2D eigenvalue weighted by atomic mass is 10.1. The maximum atomic E-state index is 12.7. The van der Waals surface area contributed by atoms with Gasteiger partial charge < -0.3 is 0 Å². The zero-order valence-electron chi connectivity index (χ0n) is 15.0. The molecule has 29 heavy (non-hydrogen) atoms. The van der Waals surface area contributed by atoms with E-state index in [9.17, 15) is 14.9 Å². The van der Waals surface area contributed by atoms with Crippen molar-refractivity contribution in [2.24, 2.45) is 0 Å². The van der Waals surface area contributed by atoms with Gasteiger partial charge in [0.15, 0.2) is 10.7 Å². The van der Waals surface area contributed by atoms with Crippen LogP contribution in [0.1, 0.15) is 5.56 Å². The number of aromatic nitrogens is 5. The zero-order chi connectivity index (χ0) is 20.1. The predicted molar refractivity (Wildman–Crippen MR) is 107 cm³/mol. The molecule has 9 nitrogen and oxygen atoms in total. The highest BCUT2D eigenvalue weighted by Gasteiger charge is 2.26. The van der Waals surface area contributed by atoms with Crippen LogP contribution in [0.4, 0.5) is 5.69 Å². The summed E-state index contributed by atoms with van der Waals surface area (Å²) in [6.07, 6.45) is 1.45. The Hall–Kier alpha value is -3.79. The Morgan fingerprint density at radius 2 is 1.86 bits per heavy atom. The fourth-order valence-corrected chi connectivity index (χ4v) is 4.25. The number of rotatable bonds is 3. The van der Waals surface area contributed by atoms with Crippen LogP contribution in [0.25, 0.3) is 22.2 Å². The quantitative estimate of drug-likeness (QED) is 0.258. The largest absolute Gasteiger partial charge is 0.366 e. The van der Waals surface area contributed by atoms with Gasteiger partial charge in [-0.3, -0.25) is 23.7 Å². The van der Waals surface area contributed by atoms with E-state index in [1.54, 1.807) is 18.2 Å². The summed E-state index contributed by atoms with van der Waals surface area (Å²) in [7, 11) is 0. The molecule has 0 N–H and O–H groups in total. The molecule has 0 radical (unpaired) electrons. The van der Waals surface area contributed by atoms with Crippen molar-refractivity contribution in [3.8, 4) is 0 Å². The molecule has 0 saturated heterocycles. The van der Waals surface area contributed by atoms with Gasteiger partial charge in [0.2, 0.25) is 5.16 Å². The highest BCUT2D eigenvalue weighted by molar-refractivity contribution is 7.99. The number of fused-ring (bicyclic) bond motifs is 4. The van der Waals surface area contributed by atoms with Crippen LogP contribution < -0.4 is 5.56 Å². The van der Waals surface area contributed by atoms with Crippen LogP contribution in [0.15, 0.2) is 69.7 Å². The first-order chi connectivity index (χ1) is 14.0. The number of benzene rings is 1. The minimum absolute atomic E-state index is 0.0230. The van der Waals surface area contributed by atoms with E-state index in [1.807, 2.05) is 41.7 Å². The van der Waals surface area contributed by atoms with E-state index in [4.69, 9.17) is 0 Å². The Kier molecular flexibility index (Phi) is 3.81. The molecule has 1 aromatic carbocycles. The second-order valence-electron chi connectivity index (χ2n) is 6.38. The van der Waals surface area contributed by atoms with Crippen molar-refractivity contribution in [3.63, 3.8) is 0 Å². The maximum Gasteiger partial charge on any atom is 0.366 e. The molecule has 5 aromatic rings. The number of pyridine rings is 2. The average molecular weight is 404 g/mol. The summed E-state index contributed by atoms with van der Waals surface area (Å²) < 4.78 is 2.97. The number of hydrogen-bond donors (Lipinski definition) is 0. The monoisotopic (exact) mass is 404 g/mol. The van der Waals surface area contributed by atoms with E-state index in [1.165, 1.54) is 6.20 Å². The Bertz CT molecular complexity index is 1510. The summed E-state index contributed by atoms with van der Waals surface area (Å²) >= 11 is 0.952. The molecule has 0 aliphatic carbocycles. The lowest BCUT2D eigenvalue weighted by Crippen LogP contribution is -2.19. The van der Waals surface area contributed by atoms with E-state index in [2.05, 4.69) is 15.2 Å². The van der Waals surface area contributed by atoms with Gasteiger partial charge >= 0.3 is 11.2 Å². The maximum absolute atomic E-state index is 12.7. The molecule has 0 amide bonds. The van der Waals surface area contributed by atoms with Crippen molar-refractivity contribution < 1.29 is 4.92 Å². The number of hydrogen-bond acceptors (Lipinski definition) is 7. The molecule has 0 bridgehead atoms. The molecule has 0 saturated carbocycles. The van der Waals surface area contributed by atoms with Crippen LogP contribution >= 0.6 is 11.8 Å². The SMILES string of the molecule is Cc1cc2nnc(Sc3nc4ccccn4c(=O)c3[N+](=O)[O-])n2c2ccccc12. The van der Waals surface area contributed by atoms with Gasteiger partial charge in [-0.05, 0) is 48.5 Å². The standard InChI is InChI=1S/C19H12N6O3S/c1-11-10-15-21-22-19(24(15)13-7-3-2-6-12(11)13)29-17-16(25(27)28)18(26)23-9-5-4-8-14(23)20-17/h2-10H,1H3. The van der Waals surface area contributed by atoms with Gasteiger partial charge in [0.25, 0.3) is 0 Å². The lowest BCUT2D eigenvalue weighted by molar-refractivity contribution is -0.389. The summed E-state index contributed by atoms with van der Waals surface area (Å²) in [4.78, 5) is 27.9. The second kappa shape index (κ2) is 6.38. The van der Waals surface area contributed by atoms with Crippen molar-refractivity contribution in [1.29, 1.82) is 0 Å². The van der Waals surface area contributed by atoms with Crippen molar-refractivity contribution >= 4 is 39.6 Å². The summed E-state index contributed by atoms with van der Waals surface area (Å²) in [5.74, 6) is 0. The third-order valence-electron chi connectivity index (χ3n) is 4.62. The van der Waals surface area contributed by atoms with E-state index in [0.29, 0.717) is 16.5 Å². The van der Waals surface area contributed by atoms with Crippen molar-refractivity contribution in [1.82, 2.24) is 24.0 Å². The summed E-state index contributed by atoms with van der Waals surface area (Å²) in [6.45, 7) is 1.99. The fraction of sp³-hybridized carbons (Fsp3) is 0.0526. The fourth-order valence-electron chi connectivity index (χ4n) is 3.31. The van der Waals surface area contributed by atoms with Gasteiger partial charge in [0, 0.05) is 11.6 Å². The van der Waals surface area contributed by atoms with Crippen LogP contribution in [-0.4, -0.2) is 28.9 Å². The summed E-state index contributed by atoms with van der Waals surface area (Å²) in [5, 5.41) is 21.4. The topological polar surface area (TPSA) is 108 Å². The zero-order valence-corrected chi connectivity index (χ0v) is 15.8. The van der Waals surface area contributed by atoms with Gasteiger partial charge in [-0.25, -0.2) is 4.98 Å². The summed E-state index contributed by atoms with van der Waals surface area (Å²) in [5.41, 5.74) is 1.52. The third kappa shape index (κ3) is 2.64. The molecular weight excluding hydrogens is 392 g/mol. The second-order valence-corrected chi connectivity index (χ2v) is 7.34. The Balaban J connectivity index is 1.78. The number of aryl methyl sites for hydroxylation is 1. The van der Waals surface area contributed by atoms with Crippen LogP contribution in [0.5, 0.6) is 0 Å². The first kappa shape index (κ1) is 17.3. The lowest BCUT2D eigenvalue weighted by Gasteiger charge is -2.07. The molecule has 4 heterocycles. The number of nitro groups is 1. The Morgan fingerprint density at radius 1 is 1.07 bits per heavy atom. The molecule has 0 fully saturated rings. The van der Waals surface area contributed by atoms with Crippen LogP contribution in [-0.2, 0) is 0 Å². The highest BCUT2D eigenvalue weighted by atomic mass is 32.2. The van der Waals surface area contributed by atoms with Crippen molar-refractivity contribution in [2.45, 2.75) is 17.1 Å². The highest BCUT2D eigenvalue weighted by Crippen LogP contribution is 2.33. The number of nitrogens with zero attached hydrogens (tertiary/aromatic N) is 6. The van der Waals surface area contributed by atoms with E-state index >= 15 is 0 Å². The minimum Gasteiger partial charge on any atom is -0.270 e. The molecule has 0 atom stereocenters. The normalized spacial score (nSPS) is 11.5. The molecule has 4 aromatic heterocycles. The van der Waals surface area contributed by atoms with E-state index in [0.717, 1.165) is 32.6 Å². The van der Waals surface area contributed by atoms with E-state index in [-0.39, 0.29) is 5.03 Å². The van der Waals surface area contributed by atoms with Gasteiger partial charge in [0.05, 0.1) is 10.4 Å². The van der Waals surface area contributed by atoms with E-state index < -0.39 is 16.2 Å². The van der Waals surface area contributed by atoms with Gasteiger partial charge in [0.1, 0.15) is 5.65 Å². The average Bonchev–Trinajstić information content (AvgIpc) is 3.10. The molecule has 0 aliphatic heterocycles. The molecule has 10 heteroatoms. The van der Waals surface area contributed by atoms with Crippen LogP contribution in [0, 0.1) is 17.0 Å². The van der Waals surface area contributed by atoms with Crippen molar-refractivity contribution in [3.05, 3.63) is 80.8 Å². The summed E-state index contributed by atoms with van der Waals surface area (Å²) in [6, 6.07) is 14.6. The minimum atomic E-state index is -0.738. The van der Waals surface area contributed by atoms with Crippen LogP contribution in [0.2, 0.25) is 0 Å². The molecule has 142 valence electrons. The first-order valence-corrected chi connectivity index (χ1v) is 9.43. The van der Waals surface area contributed by atoms with Crippen molar-refractivity contribution in [2.75, 3.05) is 0 Å². The molecular formula is C19H12N6O3S. The molecule has 0 spiro atoms. The molecule has 0 aliphatic rings. The smallest absolute Gasteiger partial charge is 0.270 e. The molecule has 0 unspecified atom stereocenters. The van der Waals surface area contributed by atoms with Gasteiger partial charge in [-0.2, -0.15) is 0 Å². The Morgan fingerprint density at radius 3 is 2.69 bits per heavy atom. The van der Waals surface area contributed by atoms with Gasteiger partial charge in [-0.15, -0.1) is 10.2 Å². The van der Waals surface area contributed by atoms with Crippen LogP contribution in [0.3, 0.4) is 0 Å². The molecule has 5 rings (SSSR count). The van der Waals surface area contributed by atoms with Gasteiger partial charge in [-0.1, -0.05) is 24.3 Å². The third-order valence-corrected chi connectivity index (χ3v) is 5.55. The first-order valence-electron chi connectivity index (χ1n) is 8.62. The Labute approximate surface area is 166 Å². The predicted octanol–water partition coefficient (Wildman–Crippen LogP) is 3.26.